The van der Waals surface area contributed by atoms with Gasteiger partial charge in [-0.15, -0.1) is 6.58 Å². The van der Waals surface area contributed by atoms with E-state index in [9.17, 15) is 5.11 Å². The molecular formula is C20H25N2O4P. The largest absolute Gasteiger partial charge is 0.772 e. The van der Waals surface area contributed by atoms with Crippen LogP contribution in [-0.4, -0.2) is 36.3 Å². The van der Waals surface area contributed by atoms with Crippen LogP contribution in [0.3, 0.4) is 0 Å². The number of quaternary nitrogens is 1. The van der Waals surface area contributed by atoms with E-state index in [0.717, 1.165) is 41.7 Å². The molecule has 2 N–H and O–H groups in total. The number of ether oxygens (including phenoxy) is 1. The standard InChI is InChI=1S/C20H24N2O2.HO2P/c1-3-13-12-22-9-7-14(13)10-19(22)20(23)16-6-8-21-18-5-4-15(24-2)11-17(16)18;1-3-2/h3-6,8,11,13-14,19-20,23H,1,7,9-10,12H2,2H3;(H,1,2)/t13-,14-,19+,20-;/m0./s1. The molecule has 27 heavy (non-hydrogen) atoms. The smallest absolute Gasteiger partial charge is 0.131 e. The van der Waals surface area contributed by atoms with Crippen LogP contribution in [0, 0.1) is 11.8 Å². The Labute approximate surface area is 160 Å². The Morgan fingerprint density at radius 2 is 2.26 bits per heavy atom. The van der Waals surface area contributed by atoms with Gasteiger partial charge < -0.3 is 19.6 Å². The number of benzene rings is 1. The molecule has 7 heteroatoms. The first-order valence-electron chi connectivity index (χ1n) is 9.15. The van der Waals surface area contributed by atoms with Crippen LogP contribution < -0.4 is 14.5 Å². The van der Waals surface area contributed by atoms with Crippen LogP contribution in [0.2, 0.25) is 0 Å². The lowest BCUT2D eigenvalue weighted by molar-refractivity contribution is -0.949. The molecule has 1 unspecified atom stereocenters. The molecule has 0 saturated carbocycles. The minimum absolute atomic E-state index is 0.261. The van der Waals surface area contributed by atoms with Crippen LogP contribution in [0.4, 0.5) is 0 Å². The van der Waals surface area contributed by atoms with Gasteiger partial charge in [-0.1, -0.05) is 6.08 Å². The molecule has 3 aliphatic rings. The van der Waals surface area contributed by atoms with Crippen molar-refractivity contribution in [3.05, 3.63) is 48.7 Å². The maximum absolute atomic E-state index is 11.2. The van der Waals surface area contributed by atoms with E-state index in [1.165, 1.54) is 11.3 Å². The first-order chi connectivity index (χ1) is 13.1. The minimum Gasteiger partial charge on any atom is -0.772 e. The first-order valence-corrected chi connectivity index (χ1v) is 9.88. The Kier molecular flexibility index (Phi) is 6.55. The van der Waals surface area contributed by atoms with Crippen LogP contribution in [0.1, 0.15) is 24.5 Å². The van der Waals surface area contributed by atoms with Crippen molar-refractivity contribution in [3.63, 3.8) is 0 Å². The number of hydrogen-bond acceptors (Lipinski definition) is 5. The molecule has 5 rings (SSSR count). The van der Waals surface area contributed by atoms with Gasteiger partial charge >= 0.3 is 0 Å². The first kappa shape index (κ1) is 19.9. The van der Waals surface area contributed by atoms with Gasteiger partial charge in [-0.05, 0) is 35.7 Å². The summed E-state index contributed by atoms with van der Waals surface area (Å²) in [4.78, 5) is 14.3. The van der Waals surface area contributed by atoms with Gasteiger partial charge in [0.05, 0.1) is 34.4 Å². The van der Waals surface area contributed by atoms with E-state index < -0.39 is 14.8 Å². The van der Waals surface area contributed by atoms with E-state index in [1.807, 2.05) is 24.3 Å². The maximum atomic E-state index is 11.2. The van der Waals surface area contributed by atoms with Gasteiger partial charge in [0.25, 0.3) is 0 Å². The van der Waals surface area contributed by atoms with Crippen molar-refractivity contribution in [2.45, 2.75) is 25.0 Å². The molecule has 4 heterocycles. The van der Waals surface area contributed by atoms with Crippen LogP contribution in [0.25, 0.3) is 10.9 Å². The van der Waals surface area contributed by atoms with Gasteiger partial charge in [0.15, 0.2) is 0 Å². The summed E-state index contributed by atoms with van der Waals surface area (Å²) in [6.45, 7) is 6.25. The summed E-state index contributed by atoms with van der Waals surface area (Å²) in [5.74, 6) is 2.07. The summed E-state index contributed by atoms with van der Waals surface area (Å²) >= 11 is 0. The fraction of sp³-hybridized carbons (Fsp3) is 0.450. The van der Waals surface area contributed by atoms with Gasteiger partial charge in [0.2, 0.25) is 0 Å². The second kappa shape index (κ2) is 8.89. The summed E-state index contributed by atoms with van der Waals surface area (Å²) in [5.41, 5.74) is 1.88. The topological polar surface area (TPSA) is 86.9 Å². The predicted molar refractivity (Wildman–Crippen MR) is 102 cm³/mol. The Morgan fingerprint density at radius 1 is 1.48 bits per heavy atom. The molecule has 3 saturated heterocycles. The highest BCUT2D eigenvalue weighted by atomic mass is 31.1. The maximum Gasteiger partial charge on any atom is 0.131 e. The molecule has 3 fully saturated rings. The van der Waals surface area contributed by atoms with Crippen molar-refractivity contribution in [2.75, 3.05) is 20.2 Å². The number of aliphatic hydroxyl groups is 1. The van der Waals surface area contributed by atoms with E-state index in [-0.39, 0.29) is 6.04 Å². The van der Waals surface area contributed by atoms with E-state index in [2.05, 4.69) is 17.6 Å². The molecule has 1 aromatic heterocycles. The van der Waals surface area contributed by atoms with Crippen LogP contribution in [0.15, 0.2) is 43.1 Å². The Hall–Kier alpha value is -1.85. The van der Waals surface area contributed by atoms with Crippen molar-refractivity contribution in [3.8, 4) is 5.75 Å². The van der Waals surface area contributed by atoms with Crippen LogP contribution >= 0.6 is 8.69 Å². The molecule has 0 aliphatic carbocycles. The highest BCUT2D eigenvalue weighted by Crippen LogP contribution is 2.34. The SMILES string of the molecule is C=C[C@H]1C[NH+]2CC[C@H]1C[C@@H]2[C@@H](O)c1ccnc2ccc(OC)cc12.O=P[O-]. The van der Waals surface area contributed by atoms with Crippen molar-refractivity contribution >= 4 is 19.6 Å². The fourth-order valence-electron chi connectivity index (χ4n) is 4.65. The predicted octanol–water partition coefficient (Wildman–Crippen LogP) is 1.31. The number of aromatic nitrogens is 1. The highest BCUT2D eigenvalue weighted by molar-refractivity contribution is 7.14. The molecular weight excluding hydrogens is 363 g/mol. The second-order valence-electron chi connectivity index (χ2n) is 7.21. The lowest BCUT2D eigenvalue weighted by Crippen LogP contribution is -3.20. The molecule has 2 aromatic rings. The third kappa shape index (κ3) is 4.04. The number of piperidine rings is 3. The van der Waals surface area contributed by atoms with Crippen LogP contribution in [0.5, 0.6) is 5.75 Å². The van der Waals surface area contributed by atoms with Gasteiger partial charge in [-0.3, -0.25) is 9.55 Å². The van der Waals surface area contributed by atoms with Crippen LogP contribution in [-0.2, 0) is 4.57 Å². The average molecular weight is 388 g/mol. The summed E-state index contributed by atoms with van der Waals surface area (Å²) in [6.07, 6.45) is 5.76. The third-order valence-corrected chi connectivity index (χ3v) is 6.01. The molecule has 2 bridgehead atoms. The fourth-order valence-corrected chi connectivity index (χ4v) is 4.65. The average Bonchev–Trinajstić information content (AvgIpc) is 2.73. The van der Waals surface area contributed by atoms with E-state index in [0.29, 0.717) is 11.8 Å². The zero-order chi connectivity index (χ0) is 19.4. The summed E-state index contributed by atoms with van der Waals surface area (Å²) in [7, 11) is 0.582. The van der Waals surface area contributed by atoms with Crippen molar-refractivity contribution in [1.29, 1.82) is 0 Å². The van der Waals surface area contributed by atoms with Crippen molar-refractivity contribution < 1.29 is 24.2 Å². The Morgan fingerprint density at radius 3 is 2.89 bits per heavy atom. The molecule has 0 spiro atoms. The lowest BCUT2D eigenvalue weighted by Gasteiger charge is -2.47. The number of rotatable bonds is 4. The van der Waals surface area contributed by atoms with Crippen molar-refractivity contribution in [2.24, 2.45) is 11.8 Å². The Bertz CT molecular complexity index is 816. The monoisotopic (exact) mass is 388 g/mol. The molecule has 3 aliphatic heterocycles. The summed E-state index contributed by atoms with van der Waals surface area (Å²) in [6, 6.07) is 8.08. The number of fused-ring (bicyclic) bond motifs is 4. The summed E-state index contributed by atoms with van der Waals surface area (Å²) < 4.78 is 13.7. The van der Waals surface area contributed by atoms with Crippen molar-refractivity contribution in [1.82, 2.24) is 4.98 Å². The quantitative estimate of drug-likeness (QED) is 0.609. The van der Waals surface area contributed by atoms with Gasteiger partial charge in [0, 0.05) is 30.3 Å². The number of nitrogens with zero attached hydrogens (tertiary/aromatic N) is 1. The second-order valence-corrected chi connectivity index (χ2v) is 7.35. The summed E-state index contributed by atoms with van der Waals surface area (Å²) in [5, 5.41) is 12.2. The zero-order valence-electron chi connectivity index (χ0n) is 15.4. The van der Waals surface area contributed by atoms with E-state index >= 15 is 0 Å². The third-order valence-electron chi connectivity index (χ3n) is 6.01. The van der Waals surface area contributed by atoms with E-state index in [1.54, 1.807) is 13.3 Å². The molecule has 0 radical (unpaired) electrons. The molecule has 0 amide bonds. The minimum atomic E-state index is -1.08. The van der Waals surface area contributed by atoms with E-state index in [4.69, 9.17) is 14.2 Å². The number of nitrogens with one attached hydrogen (secondary N) is 1. The van der Waals surface area contributed by atoms with Gasteiger partial charge in [-0.25, -0.2) is 0 Å². The molecule has 5 atom stereocenters. The molecule has 6 nitrogen and oxygen atoms in total. The number of aliphatic hydroxyl groups excluding tert-OH is 1. The molecule has 1 aromatic carbocycles. The Balaban J connectivity index is 0.000000659. The van der Waals surface area contributed by atoms with Gasteiger partial charge in [-0.2, -0.15) is 0 Å². The normalized spacial score (nSPS) is 27.7. The number of hydrogen-bond donors (Lipinski definition) is 2. The zero-order valence-corrected chi connectivity index (χ0v) is 16.3. The lowest BCUT2D eigenvalue weighted by atomic mass is 9.73. The number of methoxy groups -OCH3 is 1. The molecule has 144 valence electrons. The highest BCUT2D eigenvalue weighted by Gasteiger charge is 2.45. The number of pyridine rings is 1. The van der Waals surface area contributed by atoms with Gasteiger partial charge in [0.1, 0.15) is 17.9 Å².